The minimum atomic E-state index is 1.23. The maximum Gasteiger partial charge on any atom is -0.00264 e. The number of hydrogen-bond donors (Lipinski definition) is 0. The maximum atomic E-state index is 2.41. The van der Waals surface area contributed by atoms with Crippen LogP contribution in [0.25, 0.3) is 98.0 Å². The number of fused-ring (bicyclic) bond motifs is 8. The third kappa shape index (κ3) is 4.24. The average Bonchev–Trinajstić information content (AvgIpc) is 3.16. The molecule has 0 heterocycles. The smallest absolute Gasteiger partial charge is 0.00264 e. The molecule has 0 N–H and O–H groups in total. The van der Waals surface area contributed by atoms with Crippen molar-refractivity contribution in [1.29, 1.82) is 0 Å². The van der Waals surface area contributed by atoms with Gasteiger partial charge in [0.05, 0.1) is 0 Å². The van der Waals surface area contributed by atoms with E-state index in [1.165, 1.54) is 98.0 Å². The molecule has 0 aliphatic carbocycles. The molecular weight excluding hydrogens is 577 g/mol. The van der Waals surface area contributed by atoms with Gasteiger partial charge in [-0.3, -0.25) is 0 Å². The first-order chi connectivity index (χ1) is 23.8. The van der Waals surface area contributed by atoms with Crippen molar-refractivity contribution in [2.24, 2.45) is 0 Å². The Hall–Kier alpha value is -6.24. The summed E-state index contributed by atoms with van der Waals surface area (Å²) >= 11 is 0. The van der Waals surface area contributed by atoms with E-state index in [9.17, 15) is 0 Å². The summed E-state index contributed by atoms with van der Waals surface area (Å²) in [6.07, 6.45) is 0. The molecule has 0 heteroatoms. The van der Waals surface area contributed by atoms with Crippen molar-refractivity contribution < 1.29 is 0 Å². The topological polar surface area (TPSA) is 0 Å². The number of benzene rings is 10. The van der Waals surface area contributed by atoms with E-state index in [4.69, 9.17) is 0 Å². The van der Waals surface area contributed by atoms with Crippen LogP contribution >= 0.6 is 0 Å². The van der Waals surface area contributed by atoms with Crippen molar-refractivity contribution >= 4 is 64.6 Å². The van der Waals surface area contributed by atoms with Crippen LogP contribution in [-0.2, 0) is 0 Å². The second-order valence-corrected chi connectivity index (χ2v) is 12.9. The summed E-state index contributed by atoms with van der Waals surface area (Å²) in [6, 6.07) is 67.2. The highest BCUT2D eigenvalue weighted by atomic mass is 14.2. The van der Waals surface area contributed by atoms with Crippen molar-refractivity contribution in [3.63, 3.8) is 0 Å². The molecule has 0 saturated heterocycles. The van der Waals surface area contributed by atoms with Gasteiger partial charge in [0.2, 0.25) is 0 Å². The van der Waals surface area contributed by atoms with Crippen LogP contribution in [0.4, 0.5) is 0 Å². The summed E-state index contributed by atoms with van der Waals surface area (Å²) in [6.45, 7) is 0. The molecule has 0 fully saturated rings. The third-order valence-electron chi connectivity index (χ3n) is 10.2. The van der Waals surface area contributed by atoms with E-state index in [0.29, 0.717) is 0 Å². The van der Waals surface area contributed by atoms with Gasteiger partial charge in [0.25, 0.3) is 0 Å². The van der Waals surface area contributed by atoms with Gasteiger partial charge in [0, 0.05) is 0 Å². The third-order valence-corrected chi connectivity index (χ3v) is 10.2. The second-order valence-electron chi connectivity index (χ2n) is 12.9. The summed E-state index contributed by atoms with van der Waals surface area (Å²) in [5.41, 5.74) is 7.51. The largest absolute Gasteiger partial charge is 0.0616 e. The predicted molar refractivity (Wildman–Crippen MR) is 208 cm³/mol. The normalized spacial score (nSPS) is 11.8. The van der Waals surface area contributed by atoms with Gasteiger partial charge in [-0.25, -0.2) is 0 Å². The van der Waals surface area contributed by atoms with Gasteiger partial charge in [-0.1, -0.05) is 152 Å². The first-order valence-corrected chi connectivity index (χ1v) is 16.7. The molecule has 48 heavy (non-hydrogen) atoms. The SMILES string of the molecule is c1ccc2c(-c3ccc4cc(-c5cc(-c6cc7ccc8ccccc8c7c7ccccc67)cc6ccccc56)ccc4c3)cccc2c1. The maximum absolute atomic E-state index is 2.41. The Morgan fingerprint density at radius 2 is 0.688 bits per heavy atom. The molecular formula is C48H30. The molecule has 0 unspecified atom stereocenters. The fraction of sp³-hybridized carbons (Fsp3) is 0. The molecule has 0 amide bonds. The Labute approximate surface area is 279 Å². The highest BCUT2D eigenvalue weighted by Crippen LogP contribution is 2.42. The molecule has 0 radical (unpaired) electrons. The quantitative estimate of drug-likeness (QED) is 0.176. The van der Waals surface area contributed by atoms with Crippen molar-refractivity contribution in [2.75, 3.05) is 0 Å². The molecule has 0 bridgehead atoms. The van der Waals surface area contributed by atoms with Gasteiger partial charge in [-0.15, -0.1) is 0 Å². The van der Waals surface area contributed by atoms with Gasteiger partial charge >= 0.3 is 0 Å². The van der Waals surface area contributed by atoms with Crippen LogP contribution in [0.5, 0.6) is 0 Å². The molecule has 10 aromatic carbocycles. The standard InChI is InChI=1S/C48H30/c1-4-14-40-31(10-1)13-9-19-41(40)36-23-21-34-27-37(24-22-33(34)26-36)46-30-39(28-35-12-3-5-15-42(35)46)47-29-38-25-20-32-11-2-6-16-43(32)48(38)45-18-8-7-17-44(45)47/h1-30H. The Balaban J connectivity index is 1.16. The van der Waals surface area contributed by atoms with E-state index in [0.717, 1.165) is 0 Å². The van der Waals surface area contributed by atoms with Crippen molar-refractivity contribution in [3.05, 3.63) is 182 Å². The number of rotatable bonds is 3. The molecule has 0 saturated carbocycles. The fourth-order valence-corrected chi connectivity index (χ4v) is 7.88. The number of hydrogen-bond acceptors (Lipinski definition) is 0. The lowest BCUT2D eigenvalue weighted by Crippen LogP contribution is -1.89. The summed E-state index contributed by atoms with van der Waals surface area (Å²) in [5, 5.41) is 15.3. The van der Waals surface area contributed by atoms with E-state index < -0.39 is 0 Å². The summed E-state index contributed by atoms with van der Waals surface area (Å²) in [4.78, 5) is 0. The monoisotopic (exact) mass is 606 g/mol. The Morgan fingerprint density at radius 1 is 0.208 bits per heavy atom. The second kappa shape index (κ2) is 10.7. The zero-order valence-corrected chi connectivity index (χ0v) is 26.3. The lowest BCUT2D eigenvalue weighted by molar-refractivity contribution is 1.65. The average molecular weight is 607 g/mol. The first kappa shape index (κ1) is 26.9. The van der Waals surface area contributed by atoms with E-state index >= 15 is 0 Å². The summed E-state index contributed by atoms with van der Waals surface area (Å²) < 4.78 is 0. The Kier molecular flexibility index (Phi) is 5.98. The van der Waals surface area contributed by atoms with Gasteiger partial charge in [-0.05, 0) is 128 Å². The predicted octanol–water partition coefficient (Wildman–Crippen LogP) is 13.6. The van der Waals surface area contributed by atoms with E-state index in [1.807, 2.05) is 0 Å². The first-order valence-electron chi connectivity index (χ1n) is 16.7. The molecule has 222 valence electrons. The van der Waals surface area contributed by atoms with Crippen LogP contribution in [-0.4, -0.2) is 0 Å². The van der Waals surface area contributed by atoms with Crippen molar-refractivity contribution in [3.8, 4) is 33.4 Å². The zero-order valence-electron chi connectivity index (χ0n) is 26.3. The lowest BCUT2D eigenvalue weighted by Gasteiger charge is -2.16. The van der Waals surface area contributed by atoms with E-state index in [-0.39, 0.29) is 0 Å². The van der Waals surface area contributed by atoms with Crippen LogP contribution in [0.1, 0.15) is 0 Å². The Bertz CT molecular complexity index is 2890. The van der Waals surface area contributed by atoms with Gasteiger partial charge in [0.1, 0.15) is 0 Å². The van der Waals surface area contributed by atoms with Gasteiger partial charge < -0.3 is 0 Å². The van der Waals surface area contributed by atoms with Crippen LogP contribution in [0.3, 0.4) is 0 Å². The highest BCUT2D eigenvalue weighted by Gasteiger charge is 2.14. The summed E-state index contributed by atoms with van der Waals surface area (Å²) in [7, 11) is 0. The van der Waals surface area contributed by atoms with E-state index in [2.05, 4.69) is 182 Å². The zero-order chi connectivity index (χ0) is 31.6. The highest BCUT2D eigenvalue weighted by molar-refractivity contribution is 6.23. The Morgan fingerprint density at radius 3 is 1.44 bits per heavy atom. The molecule has 0 aliphatic rings. The van der Waals surface area contributed by atoms with Crippen LogP contribution < -0.4 is 0 Å². The molecule has 10 aromatic rings. The molecule has 0 spiro atoms. The van der Waals surface area contributed by atoms with Crippen molar-refractivity contribution in [1.82, 2.24) is 0 Å². The molecule has 0 aliphatic heterocycles. The van der Waals surface area contributed by atoms with Gasteiger partial charge in [0.15, 0.2) is 0 Å². The molecule has 0 nitrogen and oxygen atoms in total. The molecule has 0 aromatic heterocycles. The fourth-order valence-electron chi connectivity index (χ4n) is 7.88. The van der Waals surface area contributed by atoms with Gasteiger partial charge in [-0.2, -0.15) is 0 Å². The lowest BCUT2D eigenvalue weighted by atomic mass is 9.87. The summed E-state index contributed by atoms with van der Waals surface area (Å²) in [5.74, 6) is 0. The minimum absolute atomic E-state index is 1.23. The molecule has 0 atom stereocenters. The van der Waals surface area contributed by atoms with Crippen LogP contribution in [0.15, 0.2) is 182 Å². The minimum Gasteiger partial charge on any atom is -0.0616 e. The van der Waals surface area contributed by atoms with Crippen LogP contribution in [0.2, 0.25) is 0 Å². The molecule has 10 rings (SSSR count). The van der Waals surface area contributed by atoms with Crippen LogP contribution in [0, 0.1) is 0 Å². The van der Waals surface area contributed by atoms with E-state index in [1.54, 1.807) is 0 Å². The van der Waals surface area contributed by atoms with Crippen molar-refractivity contribution in [2.45, 2.75) is 0 Å².